The number of halogens is 1. The van der Waals surface area contributed by atoms with E-state index in [-0.39, 0.29) is 18.3 Å². The molecule has 140 valence electrons. The van der Waals surface area contributed by atoms with Crippen molar-refractivity contribution in [1.82, 2.24) is 9.88 Å². The number of thiazole rings is 1. The van der Waals surface area contributed by atoms with Crippen molar-refractivity contribution in [3.8, 4) is 0 Å². The summed E-state index contributed by atoms with van der Waals surface area (Å²) in [4.78, 5) is 20.6. The molecule has 0 spiro atoms. The maximum atomic E-state index is 12.2. The van der Waals surface area contributed by atoms with Crippen molar-refractivity contribution in [3.63, 3.8) is 0 Å². The van der Waals surface area contributed by atoms with Crippen molar-refractivity contribution in [1.29, 1.82) is 0 Å². The molecule has 2 aromatic carbocycles. The molecule has 0 unspecified atom stereocenters. The average Bonchev–Trinajstić information content (AvgIpc) is 3.04. The lowest BCUT2D eigenvalue weighted by atomic mass is 10.1. The second kappa shape index (κ2) is 9.13. The summed E-state index contributed by atoms with van der Waals surface area (Å²) in [6, 6.07) is 20.3. The number of anilines is 1. The highest BCUT2D eigenvalue weighted by atomic mass is 35.5. The van der Waals surface area contributed by atoms with Gasteiger partial charge in [-0.25, -0.2) is 4.98 Å². The molecule has 0 fully saturated rings. The Labute approximate surface area is 169 Å². The van der Waals surface area contributed by atoms with Crippen LogP contribution < -0.4 is 5.32 Å². The normalized spacial score (nSPS) is 13.5. The first-order valence-electron chi connectivity index (χ1n) is 8.85. The molecule has 0 saturated heterocycles. The van der Waals surface area contributed by atoms with Gasteiger partial charge in [0.15, 0.2) is 5.13 Å². The lowest BCUT2D eigenvalue weighted by molar-refractivity contribution is -0.115. The van der Waals surface area contributed by atoms with Crippen LogP contribution in [0, 0.1) is 0 Å². The van der Waals surface area contributed by atoms with Crippen molar-refractivity contribution in [3.05, 3.63) is 82.4 Å². The molecule has 27 heavy (non-hydrogen) atoms. The molecule has 0 aliphatic carbocycles. The van der Waals surface area contributed by atoms with E-state index in [1.807, 2.05) is 36.4 Å². The Kier molecular flexibility index (Phi) is 6.61. The SMILES string of the molecule is Cl.O=C(Cc1ccccc1)Nc1nc2c(s1)CN(Cc1ccccc1)CC2. The highest BCUT2D eigenvalue weighted by Crippen LogP contribution is 2.29. The number of amides is 1. The van der Waals surface area contributed by atoms with Crippen LogP contribution in [0.1, 0.15) is 21.7 Å². The second-order valence-corrected chi connectivity index (χ2v) is 7.63. The first-order valence-corrected chi connectivity index (χ1v) is 9.66. The largest absolute Gasteiger partial charge is 0.302 e. The lowest BCUT2D eigenvalue weighted by Gasteiger charge is -2.25. The minimum atomic E-state index is -0.0107. The third-order valence-electron chi connectivity index (χ3n) is 4.51. The Morgan fingerprint density at radius 3 is 2.41 bits per heavy atom. The Balaban J connectivity index is 0.00000210. The summed E-state index contributed by atoms with van der Waals surface area (Å²) in [5.74, 6) is -0.0107. The van der Waals surface area contributed by atoms with Crippen LogP contribution >= 0.6 is 23.7 Å². The molecule has 6 heteroatoms. The molecule has 2 heterocycles. The first-order chi connectivity index (χ1) is 12.8. The molecule has 0 saturated carbocycles. The van der Waals surface area contributed by atoms with E-state index in [4.69, 9.17) is 0 Å². The van der Waals surface area contributed by atoms with Crippen molar-refractivity contribution < 1.29 is 4.79 Å². The summed E-state index contributed by atoms with van der Waals surface area (Å²) in [6.45, 7) is 2.85. The zero-order valence-electron chi connectivity index (χ0n) is 14.9. The zero-order valence-corrected chi connectivity index (χ0v) is 16.6. The Morgan fingerprint density at radius 2 is 1.70 bits per heavy atom. The average molecular weight is 400 g/mol. The minimum absolute atomic E-state index is 0. The quantitative estimate of drug-likeness (QED) is 0.695. The summed E-state index contributed by atoms with van der Waals surface area (Å²) < 4.78 is 0. The van der Waals surface area contributed by atoms with E-state index in [2.05, 4.69) is 39.5 Å². The summed E-state index contributed by atoms with van der Waals surface area (Å²) >= 11 is 1.60. The van der Waals surface area contributed by atoms with Crippen LogP contribution in [0.5, 0.6) is 0 Å². The van der Waals surface area contributed by atoms with Gasteiger partial charge in [-0.2, -0.15) is 0 Å². The van der Waals surface area contributed by atoms with Gasteiger partial charge < -0.3 is 5.32 Å². The van der Waals surface area contributed by atoms with Crippen LogP contribution in [0.4, 0.5) is 5.13 Å². The first kappa shape index (κ1) is 19.5. The zero-order chi connectivity index (χ0) is 17.8. The smallest absolute Gasteiger partial charge is 0.230 e. The number of carbonyl (C=O) groups excluding carboxylic acids is 1. The van der Waals surface area contributed by atoms with Gasteiger partial charge in [-0.05, 0) is 11.1 Å². The maximum Gasteiger partial charge on any atom is 0.230 e. The van der Waals surface area contributed by atoms with Crippen molar-refractivity contribution in [2.24, 2.45) is 0 Å². The number of fused-ring (bicyclic) bond motifs is 1. The Morgan fingerprint density at radius 1 is 1.04 bits per heavy atom. The van der Waals surface area contributed by atoms with Gasteiger partial charge in [-0.3, -0.25) is 9.69 Å². The third kappa shape index (κ3) is 5.16. The number of carbonyl (C=O) groups is 1. The van der Waals surface area contributed by atoms with Gasteiger partial charge >= 0.3 is 0 Å². The Bertz CT molecular complexity index is 883. The molecular formula is C21H22ClN3OS. The van der Waals surface area contributed by atoms with Crippen LogP contribution in [-0.2, 0) is 30.7 Å². The van der Waals surface area contributed by atoms with Gasteiger partial charge in [0.25, 0.3) is 0 Å². The molecule has 1 aromatic heterocycles. The van der Waals surface area contributed by atoms with Crippen LogP contribution in [0.2, 0.25) is 0 Å². The molecule has 1 aliphatic rings. The van der Waals surface area contributed by atoms with Crippen molar-refractivity contribution in [2.45, 2.75) is 25.9 Å². The summed E-state index contributed by atoms with van der Waals surface area (Å²) in [5.41, 5.74) is 3.48. The predicted molar refractivity (Wildman–Crippen MR) is 112 cm³/mol. The summed E-state index contributed by atoms with van der Waals surface area (Å²) in [5, 5.41) is 3.68. The molecule has 0 atom stereocenters. The van der Waals surface area contributed by atoms with Gasteiger partial charge in [0, 0.05) is 30.9 Å². The number of benzene rings is 2. The van der Waals surface area contributed by atoms with E-state index < -0.39 is 0 Å². The molecule has 4 rings (SSSR count). The van der Waals surface area contributed by atoms with Crippen LogP contribution in [-0.4, -0.2) is 22.3 Å². The monoisotopic (exact) mass is 399 g/mol. The van der Waals surface area contributed by atoms with Gasteiger partial charge in [0.2, 0.25) is 5.91 Å². The highest BCUT2D eigenvalue weighted by Gasteiger charge is 2.21. The number of rotatable bonds is 5. The molecule has 3 aromatic rings. The topological polar surface area (TPSA) is 45.2 Å². The minimum Gasteiger partial charge on any atom is -0.302 e. The van der Waals surface area contributed by atoms with E-state index in [0.29, 0.717) is 6.42 Å². The summed E-state index contributed by atoms with van der Waals surface area (Å²) in [7, 11) is 0. The molecular weight excluding hydrogens is 378 g/mol. The fourth-order valence-corrected chi connectivity index (χ4v) is 4.29. The molecule has 1 N–H and O–H groups in total. The number of nitrogens with one attached hydrogen (secondary N) is 1. The highest BCUT2D eigenvalue weighted by molar-refractivity contribution is 7.15. The molecule has 1 amide bonds. The predicted octanol–water partition coefficient (Wildman–Crippen LogP) is 4.30. The van der Waals surface area contributed by atoms with Gasteiger partial charge in [-0.1, -0.05) is 60.7 Å². The van der Waals surface area contributed by atoms with Crippen LogP contribution in [0.25, 0.3) is 0 Å². The lowest BCUT2D eigenvalue weighted by Crippen LogP contribution is -2.29. The van der Waals surface area contributed by atoms with Crippen LogP contribution in [0.3, 0.4) is 0 Å². The van der Waals surface area contributed by atoms with E-state index in [1.54, 1.807) is 11.3 Å². The third-order valence-corrected chi connectivity index (χ3v) is 5.51. The van der Waals surface area contributed by atoms with E-state index in [0.717, 1.165) is 42.4 Å². The summed E-state index contributed by atoms with van der Waals surface area (Å²) in [6.07, 6.45) is 1.32. The fourth-order valence-electron chi connectivity index (χ4n) is 3.22. The molecule has 0 bridgehead atoms. The van der Waals surface area contributed by atoms with Gasteiger partial charge in [0.1, 0.15) is 0 Å². The van der Waals surface area contributed by atoms with Gasteiger partial charge in [0.05, 0.1) is 12.1 Å². The number of aromatic nitrogens is 1. The Hall–Kier alpha value is -2.21. The molecule has 4 nitrogen and oxygen atoms in total. The van der Waals surface area contributed by atoms with E-state index in [9.17, 15) is 4.79 Å². The second-order valence-electron chi connectivity index (χ2n) is 6.55. The molecule has 1 aliphatic heterocycles. The van der Waals surface area contributed by atoms with Gasteiger partial charge in [-0.15, -0.1) is 23.7 Å². The molecule has 0 radical (unpaired) electrons. The van der Waals surface area contributed by atoms with Crippen LogP contribution in [0.15, 0.2) is 60.7 Å². The van der Waals surface area contributed by atoms with E-state index >= 15 is 0 Å². The number of nitrogens with zero attached hydrogens (tertiary/aromatic N) is 2. The number of hydrogen-bond acceptors (Lipinski definition) is 4. The van der Waals surface area contributed by atoms with E-state index in [1.165, 1.54) is 10.4 Å². The number of hydrogen-bond donors (Lipinski definition) is 1. The van der Waals surface area contributed by atoms with Crippen molar-refractivity contribution in [2.75, 3.05) is 11.9 Å². The standard InChI is InChI=1S/C21H21N3OS.ClH/c25-20(13-16-7-3-1-4-8-16)23-21-22-18-11-12-24(15-19(18)26-21)14-17-9-5-2-6-10-17;/h1-10H,11-15H2,(H,22,23,25);1H. The van der Waals surface area contributed by atoms with Crippen molar-refractivity contribution >= 4 is 34.8 Å². The fraction of sp³-hybridized carbons (Fsp3) is 0.238. The maximum absolute atomic E-state index is 12.2.